The third kappa shape index (κ3) is 2.41. The summed E-state index contributed by atoms with van der Waals surface area (Å²) < 4.78 is 7.56. The van der Waals surface area contributed by atoms with Gasteiger partial charge in [-0.15, -0.1) is 0 Å². The van der Waals surface area contributed by atoms with E-state index in [9.17, 15) is 0 Å². The van der Waals surface area contributed by atoms with Gasteiger partial charge in [-0.3, -0.25) is 0 Å². The lowest BCUT2D eigenvalue weighted by Crippen LogP contribution is -2.37. The van der Waals surface area contributed by atoms with Crippen LogP contribution in [0, 0.1) is 0 Å². The first kappa shape index (κ1) is 12.3. The topological polar surface area (TPSA) is 25.4 Å². The van der Waals surface area contributed by atoms with Crippen molar-refractivity contribution >= 4 is 37.7 Å². The SMILES string of the molecule is CC1OCCC1N(C)c1ncc(Br)cc1Br. The van der Waals surface area contributed by atoms with E-state index in [2.05, 4.69) is 55.7 Å². The van der Waals surface area contributed by atoms with Gasteiger partial charge < -0.3 is 9.64 Å². The molecule has 3 nitrogen and oxygen atoms in total. The molecule has 2 heterocycles. The van der Waals surface area contributed by atoms with Crippen molar-refractivity contribution in [2.45, 2.75) is 25.5 Å². The normalized spacial score (nSPS) is 24.8. The van der Waals surface area contributed by atoms with Crippen LogP contribution in [0.1, 0.15) is 13.3 Å². The van der Waals surface area contributed by atoms with Gasteiger partial charge in [-0.1, -0.05) is 0 Å². The van der Waals surface area contributed by atoms with Gasteiger partial charge >= 0.3 is 0 Å². The molecule has 0 aliphatic carbocycles. The van der Waals surface area contributed by atoms with Crippen molar-refractivity contribution in [1.29, 1.82) is 0 Å². The van der Waals surface area contributed by atoms with Crippen LogP contribution >= 0.6 is 31.9 Å². The number of hydrogen-bond acceptors (Lipinski definition) is 3. The molecule has 2 unspecified atom stereocenters. The average molecular weight is 350 g/mol. The Balaban J connectivity index is 2.23. The molecule has 2 atom stereocenters. The quantitative estimate of drug-likeness (QED) is 0.819. The fourth-order valence-electron chi connectivity index (χ4n) is 2.05. The van der Waals surface area contributed by atoms with Crippen molar-refractivity contribution in [2.24, 2.45) is 0 Å². The average Bonchev–Trinajstić information content (AvgIpc) is 2.63. The Morgan fingerprint density at radius 3 is 2.81 bits per heavy atom. The molecule has 0 aromatic carbocycles. The van der Waals surface area contributed by atoms with Gasteiger partial charge in [0.2, 0.25) is 0 Å². The predicted octanol–water partition coefficient (Wildman–Crippen LogP) is 3.22. The molecule has 0 saturated carbocycles. The van der Waals surface area contributed by atoms with Crippen LogP contribution in [0.3, 0.4) is 0 Å². The molecule has 1 fully saturated rings. The van der Waals surface area contributed by atoms with E-state index >= 15 is 0 Å². The zero-order valence-corrected chi connectivity index (χ0v) is 12.5. The Morgan fingerprint density at radius 2 is 2.25 bits per heavy atom. The number of halogens is 2. The van der Waals surface area contributed by atoms with Gasteiger partial charge in [0.1, 0.15) is 5.82 Å². The molecule has 1 saturated heterocycles. The highest BCUT2D eigenvalue weighted by Gasteiger charge is 2.29. The highest BCUT2D eigenvalue weighted by Crippen LogP contribution is 2.30. The second-order valence-electron chi connectivity index (χ2n) is 4.00. The lowest BCUT2D eigenvalue weighted by atomic mass is 10.1. The van der Waals surface area contributed by atoms with Gasteiger partial charge in [-0.25, -0.2) is 4.98 Å². The Hall–Kier alpha value is -0.130. The molecule has 88 valence electrons. The summed E-state index contributed by atoms with van der Waals surface area (Å²) in [6, 6.07) is 2.42. The molecule has 5 heteroatoms. The summed E-state index contributed by atoms with van der Waals surface area (Å²) in [7, 11) is 2.07. The maximum atomic E-state index is 5.58. The number of anilines is 1. The Morgan fingerprint density at radius 1 is 1.50 bits per heavy atom. The van der Waals surface area contributed by atoms with E-state index in [1.54, 1.807) is 0 Å². The van der Waals surface area contributed by atoms with E-state index in [0.717, 1.165) is 27.8 Å². The highest BCUT2D eigenvalue weighted by atomic mass is 79.9. The number of nitrogens with zero attached hydrogens (tertiary/aromatic N) is 2. The van der Waals surface area contributed by atoms with Crippen molar-refractivity contribution in [2.75, 3.05) is 18.6 Å². The van der Waals surface area contributed by atoms with Crippen LogP contribution in [-0.4, -0.2) is 30.8 Å². The van der Waals surface area contributed by atoms with Gasteiger partial charge in [0.15, 0.2) is 0 Å². The van der Waals surface area contributed by atoms with Crippen molar-refractivity contribution < 1.29 is 4.74 Å². The minimum Gasteiger partial charge on any atom is -0.376 e. The molecule has 1 aromatic rings. The van der Waals surface area contributed by atoms with Crippen LogP contribution in [0.4, 0.5) is 5.82 Å². The van der Waals surface area contributed by atoms with Gasteiger partial charge in [-0.2, -0.15) is 0 Å². The fraction of sp³-hybridized carbons (Fsp3) is 0.545. The number of rotatable bonds is 2. The van der Waals surface area contributed by atoms with E-state index in [1.165, 1.54) is 0 Å². The van der Waals surface area contributed by atoms with Crippen LogP contribution in [0.2, 0.25) is 0 Å². The molecule has 0 bridgehead atoms. The lowest BCUT2D eigenvalue weighted by Gasteiger charge is -2.28. The number of pyridine rings is 1. The predicted molar refractivity (Wildman–Crippen MR) is 71.9 cm³/mol. The van der Waals surface area contributed by atoms with Gasteiger partial charge in [0.05, 0.1) is 16.6 Å². The molecule has 0 N–H and O–H groups in total. The lowest BCUT2D eigenvalue weighted by molar-refractivity contribution is 0.118. The van der Waals surface area contributed by atoms with Gasteiger partial charge in [0, 0.05) is 24.3 Å². The van der Waals surface area contributed by atoms with Crippen molar-refractivity contribution in [3.8, 4) is 0 Å². The van der Waals surface area contributed by atoms with Crippen LogP contribution in [-0.2, 0) is 4.74 Å². The summed E-state index contributed by atoms with van der Waals surface area (Å²) in [4.78, 5) is 6.62. The molecule has 1 aromatic heterocycles. The Bertz CT molecular complexity index is 386. The van der Waals surface area contributed by atoms with Crippen molar-refractivity contribution in [1.82, 2.24) is 4.98 Å². The van der Waals surface area contributed by atoms with Crippen LogP contribution in [0.25, 0.3) is 0 Å². The second kappa shape index (κ2) is 5.02. The maximum absolute atomic E-state index is 5.58. The summed E-state index contributed by atoms with van der Waals surface area (Å²) in [5.41, 5.74) is 0. The van der Waals surface area contributed by atoms with E-state index in [-0.39, 0.29) is 6.10 Å². The summed E-state index contributed by atoms with van der Waals surface area (Å²) >= 11 is 6.94. The maximum Gasteiger partial charge on any atom is 0.143 e. The van der Waals surface area contributed by atoms with Crippen molar-refractivity contribution in [3.63, 3.8) is 0 Å². The second-order valence-corrected chi connectivity index (χ2v) is 5.77. The molecule has 16 heavy (non-hydrogen) atoms. The molecule has 0 spiro atoms. The first-order chi connectivity index (χ1) is 7.59. The largest absolute Gasteiger partial charge is 0.376 e. The summed E-state index contributed by atoms with van der Waals surface area (Å²) in [5.74, 6) is 0.963. The first-order valence-corrected chi connectivity index (χ1v) is 6.83. The molecule has 1 aliphatic heterocycles. The van der Waals surface area contributed by atoms with Gasteiger partial charge in [0.25, 0.3) is 0 Å². The molecule has 1 aliphatic rings. The van der Waals surface area contributed by atoms with Crippen LogP contribution in [0.5, 0.6) is 0 Å². The first-order valence-electron chi connectivity index (χ1n) is 5.25. The number of hydrogen-bond donors (Lipinski definition) is 0. The van der Waals surface area contributed by atoms with E-state index in [1.807, 2.05) is 12.3 Å². The smallest absolute Gasteiger partial charge is 0.143 e. The zero-order valence-electron chi connectivity index (χ0n) is 9.28. The number of likely N-dealkylation sites (N-methyl/N-ethyl adjacent to an activating group) is 1. The monoisotopic (exact) mass is 348 g/mol. The third-order valence-corrected chi connectivity index (χ3v) is 3.97. The van der Waals surface area contributed by atoms with E-state index in [4.69, 9.17) is 4.74 Å². The van der Waals surface area contributed by atoms with Crippen LogP contribution in [0.15, 0.2) is 21.2 Å². The Kier molecular flexibility index (Phi) is 3.87. The zero-order chi connectivity index (χ0) is 11.7. The standard InChI is InChI=1S/C11H14Br2N2O/c1-7-10(3-4-16-7)15(2)11-9(13)5-8(12)6-14-11/h5-7,10H,3-4H2,1-2H3. The molecule has 2 rings (SSSR count). The minimum absolute atomic E-state index is 0.266. The summed E-state index contributed by atoms with van der Waals surface area (Å²) in [5, 5.41) is 0. The summed E-state index contributed by atoms with van der Waals surface area (Å²) in [6.45, 7) is 2.95. The fourth-order valence-corrected chi connectivity index (χ4v) is 3.32. The van der Waals surface area contributed by atoms with E-state index in [0.29, 0.717) is 6.04 Å². The van der Waals surface area contributed by atoms with Crippen LogP contribution < -0.4 is 4.90 Å². The highest BCUT2D eigenvalue weighted by molar-refractivity contribution is 9.11. The molecule has 0 amide bonds. The minimum atomic E-state index is 0.266. The van der Waals surface area contributed by atoms with Gasteiger partial charge in [-0.05, 0) is 51.3 Å². The third-order valence-electron chi connectivity index (χ3n) is 2.96. The molecular weight excluding hydrogens is 336 g/mol. The Labute approximate surface area is 112 Å². The number of ether oxygens (including phenoxy) is 1. The number of aromatic nitrogens is 1. The van der Waals surface area contributed by atoms with Crippen molar-refractivity contribution in [3.05, 3.63) is 21.2 Å². The molecular formula is C11H14Br2N2O. The summed E-state index contributed by atoms with van der Waals surface area (Å²) in [6.07, 6.45) is 3.14. The molecule has 0 radical (unpaired) electrons. The van der Waals surface area contributed by atoms with E-state index < -0.39 is 0 Å².